The SMILES string of the molecule is CSC1CC(O)(C2(CN)CC2)C1. The van der Waals surface area contributed by atoms with Gasteiger partial charge in [0.15, 0.2) is 0 Å². The van der Waals surface area contributed by atoms with Gasteiger partial charge in [0.25, 0.3) is 0 Å². The van der Waals surface area contributed by atoms with Crippen LogP contribution in [0.25, 0.3) is 0 Å². The largest absolute Gasteiger partial charge is 0.389 e. The molecule has 0 saturated heterocycles. The first-order valence-corrected chi connectivity index (χ1v) is 5.90. The zero-order valence-corrected chi connectivity index (χ0v) is 8.36. The van der Waals surface area contributed by atoms with Gasteiger partial charge < -0.3 is 10.8 Å². The quantitative estimate of drug-likeness (QED) is 0.692. The Bertz CT molecular complexity index is 185. The van der Waals surface area contributed by atoms with Crippen LogP contribution in [0.15, 0.2) is 0 Å². The standard InChI is InChI=1S/C9H17NOS/c1-12-7-4-9(11,5-7)8(6-10)2-3-8/h7,11H,2-6,10H2,1H3. The fourth-order valence-corrected chi connectivity index (χ4v) is 3.19. The maximum absolute atomic E-state index is 10.2. The van der Waals surface area contributed by atoms with E-state index in [-0.39, 0.29) is 5.41 Å². The Kier molecular flexibility index (Phi) is 1.94. The van der Waals surface area contributed by atoms with E-state index in [0.29, 0.717) is 11.8 Å². The van der Waals surface area contributed by atoms with E-state index in [1.54, 1.807) is 0 Å². The van der Waals surface area contributed by atoms with Crippen LogP contribution in [-0.2, 0) is 0 Å². The summed E-state index contributed by atoms with van der Waals surface area (Å²) in [6.07, 6.45) is 6.32. The summed E-state index contributed by atoms with van der Waals surface area (Å²) in [6.45, 7) is 0.671. The molecule has 0 radical (unpaired) electrons. The van der Waals surface area contributed by atoms with Gasteiger partial charge >= 0.3 is 0 Å². The van der Waals surface area contributed by atoms with Crippen molar-refractivity contribution in [2.24, 2.45) is 11.1 Å². The van der Waals surface area contributed by atoms with E-state index in [0.717, 1.165) is 25.7 Å². The normalized spacial score (nSPS) is 43.8. The minimum absolute atomic E-state index is 0.124. The second-order valence-electron chi connectivity index (χ2n) is 4.28. The molecule has 3 heteroatoms. The van der Waals surface area contributed by atoms with Crippen molar-refractivity contribution in [3.63, 3.8) is 0 Å². The maximum Gasteiger partial charge on any atom is 0.0736 e. The van der Waals surface area contributed by atoms with E-state index in [9.17, 15) is 5.11 Å². The number of nitrogens with two attached hydrogens (primary N) is 1. The molecule has 0 bridgehead atoms. The Labute approximate surface area is 77.9 Å². The zero-order chi connectivity index (χ0) is 8.82. The van der Waals surface area contributed by atoms with Gasteiger partial charge in [0.2, 0.25) is 0 Å². The Morgan fingerprint density at radius 2 is 2.08 bits per heavy atom. The van der Waals surface area contributed by atoms with Crippen LogP contribution in [0, 0.1) is 5.41 Å². The summed E-state index contributed by atoms with van der Waals surface area (Å²) in [5.74, 6) is 0. The van der Waals surface area contributed by atoms with Crippen molar-refractivity contribution in [3.05, 3.63) is 0 Å². The minimum Gasteiger partial charge on any atom is -0.389 e. The third-order valence-electron chi connectivity index (χ3n) is 3.70. The van der Waals surface area contributed by atoms with Gasteiger partial charge in [-0.15, -0.1) is 0 Å². The zero-order valence-electron chi connectivity index (χ0n) is 7.55. The molecule has 0 heterocycles. The highest BCUT2D eigenvalue weighted by Gasteiger charge is 2.62. The van der Waals surface area contributed by atoms with Crippen molar-refractivity contribution >= 4 is 11.8 Å². The molecular weight excluding hydrogens is 170 g/mol. The second kappa shape index (κ2) is 2.63. The smallest absolute Gasteiger partial charge is 0.0736 e. The van der Waals surface area contributed by atoms with Gasteiger partial charge in [-0.1, -0.05) is 0 Å². The Morgan fingerprint density at radius 3 is 2.42 bits per heavy atom. The highest BCUT2D eigenvalue weighted by molar-refractivity contribution is 7.99. The van der Waals surface area contributed by atoms with Gasteiger partial charge in [0.1, 0.15) is 0 Å². The van der Waals surface area contributed by atoms with Gasteiger partial charge in [-0.25, -0.2) is 0 Å². The van der Waals surface area contributed by atoms with Gasteiger partial charge in [-0.3, -0.25) is 0 Å². The Hall–Kier alpha value is 0.270. The molecule has 0 spiro atoms. The van der Waals surface area contributed by atoms with Crippen LogP contribution >= 0.6 is 11.8 Å². The number of thioether (sulfide) groups is 1. The van der Waals surface area contributed by atoms with E-state index < -0.39 is 5.60 Å². The van der Waals surface area contributed by atoms with E-state index in [2.05, 4.69) is 6.26 Å². The first kappa shape index (κ1) is 8.85. The Morgan fingerprint density at radius 1 is 1.50 bits per heavy atom. The fourth-order valence-electron chi connectivity index (χ4n) is 2.30. The lowest BCUT2D eigenvalue weighted by molar-refractivity contribution is -0.0885. The lowest BCUT2D eigenvalue weighted by atomic mass is 9.68. The monoisotopic (exact) mass is 187 g/mol. The summed E-state index contributed by atoms with van der Waals surface area (Å²) < 4.78 is 0. The topological polar surface area (TPSA) is 46.2 Å². The van der Waals surface area contributed by atoms with Crippen molar-refractivity contribution in [2.45, 2.75) is 36.5 Å². The summed E-state index contributed by atoms with van der Waals surface area (Å²) in [7, 11) is 0. The van der Waals surface area contributed by atoms with Crippen LogP contribution in [-0.4, -0.2) is 28.8 Å². The molecule has 70 valence electrons. The average molecular weight is 187 g/mol. The molecule has 2 saturated carbocycles. The van der Waals surface area contributed by atoms with Gasteiger partial charge in [-0.05, 0) is 31.9 Å². The second-order valence-corrected chi connectivity index (χ2v) is 5.42. The molecule has 0 aromatic carbocycles. The summed E-state index contributed by atoms with van der Waals surface area (Å²) in [4.78, 5) is 0. The van der Waals surface area contributed by atoms with Gasteiger partial charge in [-0.2, -0.15) is 11.8 Å². The van der Waals surface area contributed by atoms with Crippen LogP contribution in [0.4, 0.5) is 0 Å². The molecule has 0 unspecified atom stereocenters. The van der Waals surface area contributed by atoms with E-state index >= 15 is 0 Å². The molecule has 0 aromatic rings. The first-order valence-electron chi connectivity index (χ1n) is 4.61. The highest BCUT2D eigenvalue weighted by Crippen LogP contribution is 2.61. The summed E-state index contributed by atoms with van der Waals surface area (Å²) in [6, 6.07) is 0. The van der Waals surface area contributed by atoms with Gasteiger partial charge in [0, 0.05) is 17.2 Å². The van der Waals surface area contributed by atoms with Gasteiger partial charge in [0.05, 0.1) is 5.60 Å². The molecule has 0 amide bonds. The Balaban J connectivity index is 1.97. The van der Waals surface area contributed by atoms with E-state index in [1.807, 2.05) is 11.8 Å². The summed E-state index contributed by atoms with van der Waals surface area (Å²) in [5, 5.41) is 10.9. The number of aliphatic hydroxyl groups is 1. The van der Waals surface area contributed by atoms with Crippen LogP contribution < -0.4 is 5.73 Å². The summed E-state index contributed by atoms with van der Waals surface area (Å²) in [5.41, 5.74) is 5.42. The first-order chi connectivity index (χ1) is 5.66. The molecule has 2 aliphatic carbocycles. The van der Waals surface area contributed by atoms with E-state index in [4.69, 9.17) is 5.73 Å². The van der Waals surface area contributed by atoms with Crippen molar-refractivity contribution < 1.29 is 5.11 Å². The predicted molar refractivity (Wildman–Crippen MR) is 52.2 cm³/mol. The molecule has 0 atom stereocenters. The van der Waals surface area contributed by atoms with Crippen LogP contribution in [0.1, 0.15) is 25.7 Å². The van der Waals surface area contributed by atoms with Crippen LogP contribution in [0.2, 0.25) is 0 Å². The lowest BCUT2D eigenvalue weighted by Crippen LogP contribution is -2.54. The molecule has 0 aliphatic heterocycles. The lowest BCUT2D eigenvalue weighted by Gasteiger charge is -2.48. The molecule has 2 aliphatic rings. The fraction of sp³-hybridized carbons (Fsp3) is 1.00. The molecule has 0 aromatic heterocycles. The minimum atomic E-state index is -0.393. The van der Waals surface area contributed by atoms with E-state index in [1.165, 1.54) is 0 Å². The number of hydrogen-bond acceptors (Lipinski definition) is 3. The number of rotatable bonds is 3. The van der Waals surface area contributed by atoms with Crippen molar-refractivity contribution in [1.29, 1.82) is 0 Å². The molecule has 12 heavy (non-hydrogen) atoms. The average Bonchev–Trinajstić information content (AvgIpc) is 2.79. The van der Waals surface area contributed by atoms with Crippen molar-refractivity contribution in [1.82, 2.24) is 0 Å². The van der Waals surface area contributed by atoms with Crippen molar-refractivity contribution in [2.75, 3.05) is 12.8 Å². The third-order valence-corrected chi connectivity index (χ3v) is 4.70. The highest BCUT2D eigenvalue weighted by atomic mass is 32.2. The van der Waals surface area contributed by atoms with Crippen LogP contribution in [0.3, 0.4) is 0 Å². The molecule has 2 nitrogen and oxygen atoms in total. The maximum atomic E-state index is 10.2. The third kappa shape index (κ3) is 1.03. The number of hydrogen-bond donors (Lipinski definition) is 2. The van der Waals surface area contributed by atoms with Crippen LogP contribution in [0.5, 0.6) is 0 Å². The summed E-state index contributed by atoms with van der Waals surface area (Å²) >= 11 is 1.87. The predicted octanol–water partition coefficient (Wildman–Crippen LogP) is 0.982. The molecule has 2 rings (SSSR count). The van der Waals surface area contributed by atoms with Crippen molar-refractivity contribution in [3.8, 4) is 0 Å². The molecule has 3 N–H and O–H groups in total. The molecular formula is C9H17NOS. The molecule has 2 fully saturated rings.